The molecule has 0 saturated carbocycles. The van der Waals surface area contributed by atoms with E-state index >= 15 is 0 Å². The Kier molecular flexibility index (Phi) is 8.70. The van der Waals surface area contributed by atoms with Crippen LogP contribution in [0.4, 0.5) is 0 Å². The van der Waals surface area contributed by atoms with Crippen LogP contribution in [0.5, 0.6) is 0 Å². The molecule has 0 radical (unpaired) electrons. The molecule has 0 aliphatic carbocycles. The van der Waals surface area contributed by atoms with Gasteiger partial charge in [-0.25, -0.2) is 0 Å². The summed E-state index contributed by atoms with van der Waals surface area (Å²) in [6.07, 6.45) is 0.757. The predicted octanol–water partition coefficient (Wildman–Crippen LogP) is -1.63. The standard InChI is InChI=1S/C9H18N2O4/c12-5-1-3-10-8(14)7-9(15)11-4-2-6-13/h12-13H,1-7H2,(H,10,14)(H,11,15). The Balaban J connectivity index is 3.45. The summed E-state index contributed by atoms with van der Waals surface area (Å²) in [5.41, 5.74) is 0. The van der Waals surface area contributed by atoms with Crippen molar-refractivity contribution in [1.82, 2.24) is 10.6 Å². The van der Waals surface area contributed by atoms with Crippen molar-refractivity contribution in [3.05, 3.63) is 0 Å². The fourth-order valence-corrected chi connectivity index (χ4v) is 0.885. The SMILES string of the molecule is O=C(CC(=O)NCCCO)NCCCO. The fraction of sp³-hybridized carbons (Fsp3) is 0.778. The van der Waals surface area contributed by atoms with Gasteiger partial charge in [-0.05, 0) is 12.8 Å². The van der Waals surface area contributed by atoms with Crippen molar-refractivity contribution in [3.8, 4) is 0 Å². The number of rotatable bonds is 8. The molecule has 6 nitrogen and oxygen atoms in total. The smallest absolute Gasteiger partial charge is 0.229 e. The van der Waals surface area contributed by atoms with Crippen LogP contribution in [0.25, 0.3) is 0 Å². The number of hydrogen-bond donors (Lipinski definition) is 4. The normalized spacial score (nSPS) is 9.73. The van der Waals surface area contributed by atoms with Crippen molar-refractivity contribution < 1.29 is 19.8 Å². The van der Waals surface area contributed by atoms with E-state index in [0.29, 0.717) is 25.9 Å². The minimum absolute atomic E-state index is 0.0168. The second-order valence-corrected chi connectivity index (χ2v) is 3.03. The first-order valence-corrected chi connectivity index (χ1v) is 4.95. The Bertz CT molecular complexity index is 177. The summed E-state index contributed by atoms with van der Waals surface area (Å²) in [5.74, 6) is -0.713. The summed E-state index contributed by atoms with van der Waals surface area (Å²) in [5, 5.41) is 21.9. The molecule has 0 aliphatic rings. The maximum atomic E-state index is 11.1. The van der Waals surface area contributed by atoms with Crippen molar-refractivity contribution in [3.63, 3.8) is 0 Å². The number of aliphatic hydroxyl groups excluding tert-OH is 2. The van der Waals surface area contributed by atoms with Crippen LogP contribution < -0.4 is 10.6 Å². The van der Waals surface area contributed by atoms with Gasteiger partial charge in [0, 0.05) is 26.3 Å². The molecule has 0 spiro atoms. The third-order valence-corrected chi connectivity index (χ3v) is 1.64. The van der Waals surface area contributed by atoms with E-state index in [1.807, 2.05) is 0 Å². The first kappa shape index (κ1) is 13.9. The minimum Gasteiger partial charge on any atom is -0.396 e. The molecular weight excluding hydrogens is 200 g/mol. The molecule has 4 N–H and O–H groups in total. The highest BCUT2D eigenvalue weighted by atomic mass is 16.3. The lowest BCUT2D eigenvalue weighted by Gasteiger charge is -2.05. The lowest BCUT2D eigenvalue weighted by Crippen LogP contribution is -2.33. The quantitative estimate of drug-likeness (QED) is 0.290. The Morgan fingerprint density at radius 1 is 0.867 bits per heavy atom. The van der Waals surface area contributed by atoms with Crippen LogP contribution in [0.15, 0.2) is 0 Å². The average Bonchev–Trinajstić information content (AvgIpc) is 2.18. The first-order chi connectivity index (χ1) is 7.20. The number of amides is 2. The van der Waals surface area contributed by atoms with Crippen molar-refractivity contribution in [1.29, 1.82) is 0 Å². The topological polar surface area (TPSA) is 98.7 Å². The molecule has 0 unspecified atom stereocenters. The lowest BCUT2D eigenvalue weighted by atomic mass is 10.3. The Morgan fingerprint density at radius 3 is 1.60 bits per heavy atom. The summed E-state index contributed by atoms with van der Waals surface area (Å²) in [4.78, 5) is 22.1. The largest absolute Gasteiger partial charge is 0.396 e. The van der Waals surface area contributed by atoms with Gasteiger partial charge in [0.2, 0.25) is 11.8 Å². The lowest BCUT2D eigenvalue weighted by molar-refractivity contribution is -0.129. The summed E-state index contributed by atoms with van der Waals surface area (Å²) >= 11 is 0. The zero-order valence-electron chi connectivity index (χ0n) is 8.66. The van der Waals surface area contributed by atoms with Crippen molar-refractivity contribution in [2.45, 2.75) is 19.3 Å². The Hall–Kier alpha value is -1.14. The summed E-state index contributed by atoms with van der Waals surface area (Å²) in [6.45, 7) is 0.782. The molecule has 0 bridgehead atoms. The Labute approximate surface area is 88.7 Å². The molecule has 0 aromatic carbocycles. The van der Waals surface area contributed by atoms with Gasteiger partial charge in [0.1, 0.15) is 6.42 Å². The van der Waals surface area contributed by atoms with Gasteiger partial charge in [-0.1, -0.05) is 0 Å². The molecule has 0 aromatic rings. The summed E-state index contributed by atoms with van der Waals surface area (Å²) in [6, 6.07) is 0. The number of aliphatic hydroxyl groups is 2. The molecule has 2 amide bonds. The van der Waals surface area contributed by atoms with Gasteiger partial charge in [0.25, 0.3) is 0 Å². The second kappa shape index (κ2) is 9.42. The highest BCUT2D eigenvalue weighted by Crippen LogP contribution is 1.82. The van der Waals surface area contributed by atoms with Crippen LogP contribution in [0, 0.1) is 0 Å². The molecule has 0 fully saturated rings. The van der Waals surface area contributed by atoms with Crippen molar-refractivity contribution >= 4 is 11.8 Å². The van der Waals surface area contributed by atoms with Crippen molar-refractivity contribution in [2.75, 3.05) is 26.3 Å². The first-order valence-electron chi connectivity index (χ1n) is 4.95. The van der Waals surface area contributed by atoms with Crippen LogP contribution in [0.2, 0.25) is 0 Å². The van der Waals surface area contributed by atoms with E-state index in [4.69, 9.17) is 10.2 Å². The predicted molar refractivity (Wildman–Crippen MR) is 54.0 cm³/mol. The Morgan fingerprint density at radius 2 is 1.27 bits per heavy atom. The van der Waals surface area contributed by atoms with E-state index in [1.165, 1.54) is 0 Å². The maximum absolute atomic E-state index is 11.1. The molecule has 88 valence electrons. The van der Waals surface area contributed by atoms with Gasteiger partial charge >= 0.3 is 0 Å². The van der Waals surface area contributed by atoms with Crippen LogP contribution in [-0.4, -0.2) is 48.3 Å². The molecule has 6 heteroatoms. The average molecular weight is 218 g/mol. The van der Waals surface area contributed by atoms with E-state index < -0.39 is 0 Å². The van der Waals surface area contributed by atoms with E-state index in [2.05, 4.69) is 10.6 Å². The minimum atomic E-state index is -0.357. The zero-order chi connectivity index (χ0) is 11.5. The second-order valence-electron chi connectivity index (χ2n) is 3.03. The third-order valence-electron chi connectivity index (χ3n) is 1.64. The summed E-state index contributed by atoms with van der Waals surface area (Å²) in [7, 11) is 0. The molecule has 0 atom stereocenters. The van der Waals surface area contributed by atoms with E-state index in [9.17, 15) is 9.59 Å². The molecule has 0 aromatic heterocycles. The molecular formula is C9H18N2O4. The van der Waals surface area contributed by atoms with Gasteiger partial charge < -0.3 is 20.8 Å². The number of carbonyl (C=O) groups is 2. The van der Waals surface area contributed by atoms with Gasteiger partial charge in [-0.15, -0.1) is 0 Å². The number of nitrogens with one attached hydrogen (secondary N) is 2. The van der Waals surface area contributed by atoms with Crippen LogP contribution in [-0.2, 0) is 9.59 Å². The van der Waals surface area contributed by atoms with Crippen molar-refractivity contribution in [2.24, 2.45) is 0 Å². The highest BCUT2D eigenvalue weighted by Gasteiger charge is 2.07. The van der Waals surface area contributed by atoms with Gasteiger partial charge in [0.15, 0.2) is 0 Å². The monoisotopic (exact) mass is 218 g/mol. The van der Waals surface area contributed by atoms with Gasteiger partial charge in [-0.2, -0.15) is 0 Å². The van der Waals surface area contributed by atoms with Crippen LogP contribution in [0.3, 0.4) is 0 Å². The highest BCUT2D eigenvalue weighted by molar-refractivity contribution is 5.96. The molecule has 0 heterocycles. The number of hydrogen-bond acceptors (Lipinski definition) is 4. The molecule has 0 rings (SSSR count). The van der Waals surface area contributed by atoms with E-state index in [-0.39, 0.29) is 31.4 Å². The molecule has 0 aliphatic heterocycles. The summed E-state index contributed by atoms with van der Waals surface area (Å²) < 4.78 is 0. The molecule has 0 saturated heterocycles. The maximum Gasteiger partial charge on any atom is 0.229 e. The van der Waals surface area contributed by atoms with Gasteiger partial charge in [-0.3, -0.25) is 9.59 Å². The fourth-order valence-electron chi connectivity index (χ4n) is 0.885. The van der Waals surface area contributed by atoms with Crippen LogP contribution in [0.1, 0.15) is 19.3 Å². The third kappa shape index (κ3) is 9.17. The van der Waals surface area contributed by atoms with Gasteiger partial charge in [0.05, 0.1) is 0 Å². The van der Waals surface area contributed by atoms with Crippen LogP contribution >= 0.6 is 0 Å². The zero-order valence-corrected chi connectivity index (χ0v) is 8.66. The van der Waals surface area contributed by atoms with E-state index in [1.54, 1.807) is 0 Å². The molecule has 15 heavy (non-hydrogen) atoms. The number of carbonyl (C=O) groups excluding carboxylic acids is 2. The van der Waals surface area contributed by atoms with E-state index in [0.717, 1.165) is 0 Å².